The van der Waals surface area contributed by atoms with Crippen LogP contribution in [0.25, 0.3) is 0 Å². The van der Waals surface area contributed by atoms with Gasteiger partial charge in [-0.2, -0.15) is 0 Å². The molecule has 0 radical (unpaired) electrons. The molecular weight excluding hydrogens is 274 g/mol. The maximum atomic E-state index is 12.1. The summed E-state index contributed by atoms with van der Waals surface area (Å²) in [5.41, 5.74) is 2.07. The van der Waals surface area contributed by atoms with E-state index in [2.05, 4.69) is 22.5 Å². The van der Waals surface area contributed by atoms with Gasteiger partial charge in [0.15, 0.2) is 0 Å². The van der Waals surface area contributed by atoms with Crippen LogP contribution in [-0.4, -0.2) is 17.6 Å². The number of unbranched alkanes of at least 4 members (excludes halogenated alkanes) is 2. The maximum Gasteiger partial charge on any atom is 0.315 e. The minimum Gasteiger partial charge on any atom is -0.338 e. The molecule has 1 heterocycles. The first-order valence-electron chi connectivity index (χ1n) is 7.80. The highest BCUT2D eigenvalue weighted by Crippen LogP contribution is 2.21. The summed E-state index contributed by atoms with van der Waals surface area (Å²) in [4.78, 5) is 16.2. The number of urea groups is 1. The van der Waals surface area contributed by atoms with Crippen molar-refractivity contribution in [3.05, 3.63) is 66.0 Å². The first-order chi connectivity index (χ1) is 10.8. The third-order valence-electron chi connectivity index (χ3n) is 3.51. The summed E-state index contributed by atoms with van der Waals surface area (Å²) in [6.07, 6.45) is 6.77. The van der Waals surface area contributed by atoms with Gasteiger partial charge in [-0.05, 0) is 29.7 Å². The van der Waals surface area contributed by atoms with Gasteiger partial charge in [-0.1, -0.05) is 50.1 Å². The molecular formula is C18H23N3O. The van der Waals surface area contributed by atoms with E-state index in [9.17, 15) is 4.79 Å². The Hall–Kier alpha value is -2.36. The maximum absolute atomic E-state index is 12.1. The van der Waals surface area contributed by atoms with E-state index in [0.717, 1.165) is 30.4 Å². The number of hydrogen-bond donors (Lipinski definition) is 2. The summed E-state index contributed by atoms with van der Waals surface area (Å²) in [5.74, 6) is 0. The predicted octanol–water partition coefficient (Wildman–Crippen LogP) is 3.66. The Morgan fingerprint density at radius 3 is 2.41 bits per heavy atom. The Morgan fingerprint density at radius 2 is 1.73 bits per heavy atom. The van der Waals surface area contributed by atoms with Crippen LogP contribution < -0.4 is 10.6 Å². The lowest BCUT2D eigenvalue weighted by molar-refractivity contribution is 0.238. The van der Waals surface area contributed by atoms with E-state index in [1.165, 1.54) is 0 Å². The first kappa shape index (κ1) is 16.0. The van der Waals surface area contributed by atoms with Crippen molar-refractivity contribution in [3.8, 4) is 0 Å². The van der Waals surface area contributed by atoms with Crippen LogP contribution in [0.4, 0.5) is 4.79 Å². The van der Waals surface area contributed by atoms with Gasteiger partial charge in [-0.3, -0.25) is 4.98 Å². The molecule has 1 aromatic heterocycles. The summed E-state index contributed by atoms with van der Waals surface area (Å²) in [7, 11) is 0. The lowest BCUT2D eigenvalue weighted by Gasteiger charge is -2.20. The molecule has 1 atom stereocenters. The Labute approximate surface area is 132 Å². The number of carbonyl (C=O) groups is 1. The molecule has 4 nitrogen and oxygen atoms in total. The normalized spacial score (nSPS) is 11.7. The van der Waals surface area contributed by atoms with Crippen LogP contribution in [0, 0.1) is 0 Å². The Kier molecular flexibility index (Phi) is 6.42. The van der Waals surface area contributed by atoms with Crippen molar-refractivity contribution in [2.75, 3.05) is 6.54 Å². The van der Waals surface area contributed by atoms with Crippen LogP contribution in [0.2, 0.25) is 0 Å². The largest absolute Gasteiger partial charge is 0.338 e. The highest BCUT2D eigenvalue weighted by molar-refractivity contribution is 5.75. The topological polar surface area (TPSA) is 54.0 Å². The zero-order chi connectivity index (χ0) is 15.6. The van der Waals surface area contributed by atoms with E-state index in [1.54, 1.807) is 12.4 Å². The fourth-order valence-electron chi connectivity index (χ4n) is 2.32. The molecule has 116 valence electrons. The van der Waals surface area contributed by atoms with Crippen molar-refractivity contribution in [2.24, 2.45) is 0 Å². The lowest BCUT2D eigenvalue weighted by atomic mass is 10.00. The standard InChI is InChI=1S/C18H23N3O/c1-2-3-7-12-20-18(22)21-17(15-8-5-4-6-9-15)16-10-13-19-14-11-16/h4-6,8-11,13-14,17H,2-3,7,12H2,1H3,(H2,20,21,22). The summed E-state index contributed by atoms with van der Waals surface area (Å²) in [5, 5.41) is 5.97. The van der Waals surface area contributed by atoms with Gasteiger partial charge >= 0.3 is 6.03 Å². The second-order valence-corrected chi connectivity index (χ2v) is 5.23. The quantitative estimate of drug-likeness (QED) is 0.766. The number of pyridine rings is 1. The number of nitrogens with one attached hydrogen (secondary N) is 2. The number of carbonyl (C=O) groups excluding carboxylic acids is 1. The van der Waals surface area contributed by atoms with Gasteiger partial charge in [0.05, 0.1) is 6.04 Å². The number of rotatable bonds is 7. The van der Waals surface area contributed by atoms with E-state index < -0.39 is 0 Å². The summed E-state index contributed by atoms with van der Waals surface area (Å²) in [6.45, 7) is 2.85. The van der Waals surface area contributed by atoms with Gasteiger partial charge in [0.25, 0.3) is 0 Å². The lowest BCUT2D eigenvalue weighted by Crippen LogP contribution is -2.38. The van der Waals surface area contributed by atoms with Crippen LogP contribution in [0.5, 0.6) is 0 Å². The molecule has 2 rings (SSSR count). The van der Waals surface area contributed by atoms with E-state index >= 15 is 0 Å². The van der Waals surface area contributed by atoms with Gasteiger partial charge in [0, 0.05) is 18.9 Å². The van der Waals surface area contributed by atoms with Crippen LogP contribution >= 0.6 is 0 Å². The van der Waals surface area contributed by atoms with Gasteiger partial charge in [-0.25, -0.2) is 4.79 Å². The highest BCUT2D eigenvalue weighted by atomic mass is 16.2. The van der Waals surface area contributed by atoms with Gasteiger partial charge in [-0.15, -0.1) is 0 Å². The summed E-state index contributed by atoms with van der Waals surface area (Å²) in [6, 6.07) is 13.5. The van der Waals surface area contributed by atoms with Gasteiger partial charge in [0.2, 0.25) is 0 Å². The molecule has 22 heavy (non-hydrogen) atoms. The second kappa shape index (κ2) is 8.82. The number of nitrogens with zero attached hydrogens (tertiary/aromatic N) is 1. The number of benzene rings is 1. The Morgan fingerprint density at radius 1 is 1.05 bits per heavy atom. The van der Waals surface area contributed by atoms with E-state index in [0.29, 0.717) is 6.54 Å². The van der Waals surface area contributed by atoms with E-state index in [1.807, 2.05) is 42.5 Å². The van der Waals surface area contributed by atoms with Gasteiger partial charge < -0.3 is 10.6 Å². The number of hydrogen-bond acceptors (Lipinski definition) is 2. The molecule has 1 aromatic carbocycles. The molecule has 0 aliphatic carbocycles. The molecule has 2 N–H and O–H groups in total. The Balaban J connectivity index is 2.04. The SMILES string of the molecule is CCCCCNC(=O)NC(c1ccccc1)c1ccncc1. The molecule has 0 bridgehead atoms. The smallest absolute Gasteiger partial charge is 0.315 e. The fraction of sp³-hybridized carbons (Fsp3) is 0.333. The molecule has 1 unspecified atom stereocenters. The van der Waals surface area contributed by atoms with Crippen molar-refractivity contribution in [2.45, 2.75) is 32.2 Å². The van der Waals surface area contributed by atoms with E-state index in [4.69, 9.17) is 0 Å². The summed E-state index contributed by atoms with van der Waals surface area (Å²) < 4.78 is 0. The number of amides is 2. The van der Waals surface area contributed by atoms with Crippen LogP contribution in [0.1, 0.15) is 43.4 Å². The Bertz CT molecular complexity index is 518. The molecule has 0 aliphatic rings. The summed E-state index contributed by atoms with van der Waals surface area (Å²) >= 11 is 0. The fourth-order valence-corrected chi connectivity index (χ4v) is 2.32. The minimum atomic E-state index is -0.171. The van der Waals surface area contributed by atoms with Crippen molar-refractivity contribution >= 4 is 6.03 Å². The molecule has 4 heteroatoms. The van der Waals surface area contributed by atoms with Gasteiger partial charge in [0.1, 0.15) is 0 Å². The monoisotopic (exact) mass is 297 g/mol. The van der Waals surface area contributed by atoms with Crippen molar-refractivity contribution in [3.63, 3.8) is 0 Å². The van der Waals surface area contributed by atoms with Crippen LogP contribution in [0.15, 0.2) is 54.9 Å². The molecule has 0 aliphatic heterocycles. The average Bonchev–Trinajstić information content (AvgIpc) is 2.58. The predicted molar refractivity (Wildman–Crippen MR) is 88.6 cm³/mol. The zero-order valence-corrected chi connectivity index (χ0v) is 13.0. The number of aromatic nitrogens is 1. The molecule has 0 fully saturated rings. The van der Waals surface area contributed by atoms with Crippen molar-refractivity contribution in [1.29, 1.82) is 0 Å². The molecule has 0 saturated heterocycles. The average molecular weight is 297 g/mol. The second-order valence-electron chi connectivity index (χ2n) is 5.23. The van der Waals surface area contributed by atoms with E-state index in [-0.39, 0.29) is 12.1 Å². The van der Waals surface area contributed by atoms with Crippen LogP contribution in [0.3, 0.4) is 0 Å². The zero-order valence-electron chi connectivity index (χ0n) is 13.0. The third-order valence-corrected chi connectivity index (χ3v) is 3.51. The first-order valence-corrected chi connectivity index (χ1v) is 7.80. The third kappa shape index (κ3) is 4.88. The minimum absolute atomic E-state index is 0.137. The molecule has 0 saturated carbocycles. The molecule has 2 aromatic rings. The van der Waals surface area contributed by atoms with Crippen LogP contribution in [-0.2, 0) is 0 Å². The highest BCUT2D eigenvalue weighted by Gasteiger charge is 2.16. The van der Waals surface area contributed by atoms with Crippen molar-refractivity contribution in [1.82, 2.24) is 15.6 Å². The molecule has 2 amide bonds. The molecule has 0 spiro atoms. The van der Waals surface area contributed by atoms with Crippen molar-refractivity contribution < 1.29 is 4.79 Å².